The summed E-state index contributed by atoms with van der Waals surface area (Å²) in [5.74, 6) is 1.19. The Morgan fingerprint density at radius 2 is 2.13 bits per heavy atom. The van der Waals surface area contributed by atoms with E-state index in [1.54, 1.807) is 7.11 Å². The molecule has 4 rings (SSSR count). The Hall–Kier alpha value is -2.17. The number of methoxy groups -OCH3 is 1. The number of imidazole rings is 1. The highest BCUT2D eigenvalue weighted by atomic mass is 16.5. The lowest BCUT2D eigenvalue weighted by molar-refractivity contribution is -0.124. The Bertz CT molecular complexity index is 732. The van der Waals surface area contributed by atoms with Gasteiger partial charge in [0.15, 0.2) is 0 Å². The number of carbonyl (C=O) groups is 1. The van der Waals surface area contributed by atoms with Crippen LogP contribution < -0.4 is 4.74 Å². The van der Waals surface area contributed by atoms with E-state index in [-0.39, 0.29) is 12.0 Å². The standard InChI is InChI=1S/C18H21N3O2/c1-23-17-8-7-13-15-10-19-11-21(15)14(18(13)20-17)9-16(22)12-5-3-2-4-6-12/h7-8,10-12,14H,2-6,9H2,1H3. The molecule has 2 aromatic rings. The second-order valence-corrected chi connectivity index (χ2v) is 6.49. The van der Waals surface area contributed by atoms with Crippen molar-refractivity contribution >= 4 is 5.78 Å². The van der Waals surface area contributed by atoms with Crippen molar-refractivity contribution in [3.63, 3.8) is 0 Å². The second kappa shape index (κ2) is 5.80. The van der Waals surface area contributed by atoms with E-state index in [2.05, 4.69) is 14.5 Å². The molecule has 1 saturated carbocycles. The number of ether oxygens (including phenoxy) is 1. The largest absolute Gasteiger partial charge is 0.481 e. The summed E-state index contributed by atoms with van der Waals surface area (Å²) in [5.41, 5.74) is 3.03. The van der Waals surface area contributed by atoms with Crippen molar-refractivity contribution in [3.05, 3.63) is 30.4 Å². The van der Waals surface area contributed by atoms with Gasteiger partial charge in [-0.25, -0.2) is 9.97 Å². The third kappa shape index (κ3) is 2.44. The van der Waals surface area contributed by atoms with Crippen molar-refractivity contribution < 1.29 is 9.53 Å². The molecule has 0 aromatic carbocycles. The first-order valence-electron chi connectivity index (χ1n) is 8.38. The number of ketones is 1. The summed E-state index contributed by atoms with van der Waals surface area (Å²) in [5, 5.41) is 0. The molecule has 2 aromatic heterocycles. The molecule has 1 fully saturated rings. The van der Waals surface area contributed by atoms with Gasteiger partial charge in [-0.05, 0) is 18.9 Å². The van der Waals surface area contributed by atoms with Crippen LogP contribution in [0.5, 0.6) is 5.88 Å². The first-order valence-corrected chi connectivity index (χ1v) is 8.38. The van der Waals surface area contributed by atoms with Gasteiger partial charge in [-0.3, -0.25) is 4.79 Å². The van der Waals surface area contributed by atoms with Crippen LogP contribution in [-0.2, 0) is 4.79 Å². The van der Waals surface area contributed by atoms with Gasteiger partial charge in [0, 0.05) is 24.0 Å². The van der Waals surface area contributed by atoms with Crippen molar-refractivity contribution in [3.8, 4) is 17.1 Å². The summed E-state index contributed by atoms with van der Waals surface area (Å²) >= 11 is 0. The van der Waals surface area contributed by atoms with Crippen molar-refractivity contribution in [1.29, 1.82) is 0 Å². The van der Waals surface area contributed by atoms with Crippen LogP contribution in [0.3, 0.4) is 0 Å². The zero-order chi connectivity index (χ0) is 15.8. The number of rotatable bonds is 4. The maximum absolute atomic E-state index is 12.8. The van der Waals surface area contributed by atoms with Gasteiger partial charge in [0.1, 0.15) is 5.78 Å². The number of Topliss-reactive ketones (excluding diaryl/α,β-unsaturated/α-hetero) is 1. The van der Waals surface area contributed by atoms with E-state index < -0.39 is 0 Å². The summed E-state index contributed by atoms with van der Waals surface area (Å²) in [4.78, 5) is 21.6. The minimum Gasteiger partial charge on any atom is -0.481 e. The average molecular weight is 311 g/mol. The Kier molecular flexibility index (Phi) is 3.63. The van der Waals surface area contributed by atoms with Crippen LogP contribution in [0.1, 0.15) is 50.3 Å². The van der Waals surface area contributed by atoms with E-state index in [9.17, 15) is 4.79 Å². The number of hydrogen-bond donors (Lipinski definition) is 0. The molecule has 23 heavy (non-hydrogen) atoms. The molecule has 5 heteroatoms. The molecule has 1 atom stereocenters. The highest BCUT2D eigenvalue weighted by Gasteiger charge is 2.33. The molecule has 0 amide bonds. The first kappa shape index (κ1) is 14.4. The predicted octanol–water partition coefficient (Wildman–Crippen LogP) is 3.40. The minimum absolute atomic E-state index is 0.0490. The molecular formula is C18H21N3O2. The molecule has 0 bridgehead atoms. The van der Waals surface area contributed by atoms with E-state index in [4.69, 9.17) is 4.74 Å². The molecule has 0 saturated heterocycles. The van der Waals surface area contributed by atoms with Gasteiger partial charge < -0.3 is 9.30 Å². The van der Waals surface area contributed by atoms with Gasteiger partial charge >= 0.3 is 0 Å². The van der Waals surface area contributed by atoms with Crippen molar-refractivity contribution in [1.82, 2.24) is 14.5 Å². The van der Waals surface area contributed by atoms with Crippen LogP contribution in [0.2, 0.25) is 0 Å². The van der Waals surface area contributed by atoms with E-state index in [1.165, 1.54) is 19.3 Å². The number of pyridine rings is 1. The number of nitrogens with zero attached hydrogens (tertiary/aromatic N) is 3. The van der Waals surface area contributed by atoms with Crippen LogP contribution >= 0.6 is 0 Å². The summed E-state index contributed by atoms with van der Waals surface area (Å²) in [6, 6.07) is 3.83. The van der Waals surface area contributed by atoms with Gasteiger partial charge in [0.25, 0.3) is 0 Å². The summed E-state index contributed by atoms with van der Waals surface area (Å²) in [6.07, 6.45) is 9.86. The van der Waals surface area contributed by atoms with Crippen molar-refractivity contribution in [2.75, 3.05) is 7.11 Å². The topological polar surface area (TPSA) is 57.0 Å². The van der Waals surface area contributed by atoms with Gasteiger partial charge in [-0.1, -0.05) is 19.3 Å². The Morgan fingerprint density at radius 3 is 2.91 bits per heavy atom. The highest BCUT2D eigenvalue weighted by molar-refractivity contribution is 5.83. The minimum atomic E-state index is -0.0490. The molecule has 1 aliphatic heterocycles. The lowest BCUT2D eigenvalue weighted by atomic mass is 9.84. The number of fused-ring (bicyclic) bond motifs is 3. The van der Waals surface area contributed by atoms with E-state index in [0.717, 1.165) is 29.8 Å². The molecule has 0 N–H and O–H groups in total. The normalized spacial score (nSPS) is 20.1. The summed E-state index contributed by atoms with van der Waals surface area (Å²) < 4.78 is 7.34. The molecule has 1 aliphatic carbocycles. The SMILES string of the molecule is COc1ccc2c(n1)C(CC(=O)C1CCCCC1)n1cncc1-2. The maximum Gasteiger partial charge on any atom is 0.213 e. The maximum atomic E-state index is 12.8. The van der Waals surface area contributed by atoms with Gasteiger partial charge in [0.2, 0.25) is 5.88 Å². The number of hydrogen-bond acceptors (Lipinski definition) is 4. The first-order chi connectivity index (χ1) is 11.3. The van der Waals surface area contributed by atoms with Gasteiger partial charge in [0.05, 0.1) is 37.1 Å². The molecule has 0 spiro atoms. The zero-order valence-corrected chi connectivity index (χ0v) is 13.4. The smallest absolute Gasteiger partial charge is 0.213 e. The fourth-order valence-electron chi connectivity index (χ4n) is 3.91. The molecule has 1 unspecified atom stereocenters. The quantitative estimate of drug-likeness (QED) is 0.868. The average Bonchev–Trinajstić information content (AvgIpc) is 3.18. The molecule has 3 heterocycles. The van der Waals surface area contributed by atoms with Crippen LogP contribution in [0.25, 0.3) is 11.3 Å². The third-order valence-corrected chi connectivity index (χ3v) is 5.16. The molecule has 5 nitrogen and oxygen atoms in total. The third-order valence-electron chi connectivity index (χ3n) is 5.16. The Morgan fingerprint density at radius 1 is 1.30 bits per heavy atom. The van der Waals surface area contributed by atoms with E-state index in [1.807, 2.05) is 24.7 Å². The van der Waals surface area contributed by atoms with Gasteiger partial charge in [-0.15, -0.1) is 0 Å². The van der Waals surface area contributed by atoms with Crippen LogP contribution in [0.4, 0.5) is 0 Å². The second-order valence-electron chi connectivity index (χ2n) is 6.49. The lowest BCUT2D eigenvalue weighted by Gasteiger charge is -2.22. The molecule has 0 radical (unpaired) electrons. The lowest BCUT2D eigenvalue weighted by Crippen LogP contribution is -2.21. The van der Waals surface area contributed by atoms with Crippen LogP contribution in [-0.4, -0.2) is 27.4 Å². The molecule has 120 valence electrons. The van der Waals surface area contributed by atoms with E-state index >= 15 is 0 Å². The Labute approximate surface area is 135 Å². The van der Waals surface area contributed by atoms with Gasteiger partial charge in [-0.2, -0.15) is 0 Å². The van der Waals surface area contributed by atoms with Crippen molar-refractivity contribution in [2.24, 2.45) is 5.92 Å². The van der Waals surface area contributed by atoms with Crippen molar-refractivity contribution in [2.45, 2.75) is 44.6 Å². The monoisotopic (exact) mass is 311 g/mol. The number of aromatic nitrogens is 3. The van der Waals surface area contributed by atoms with E-state index in [0.29, 0.717) is 18.1 Å². The molecular weight excluding hydrogens is 290 g/mol. The fourth-order valence-corrected chi connectivity index (χ4v) is 3.91. The fraction of sp³-hybridized carbons (Fsp3) is 0.500. The van der Waals surface area contributed by atoms with Crippen LogP contribution in [0, 0.1) is 5.92 Å². The molecule has 2 aliphatic rings. The summed E-state index contributed by atoms with van der Waals surface area (Å²) in [6.45, 7) is 0. The summed E-state index contributed by atoms with van der Waals surface area (Å²) in [7, 11) is 1.62. The number of carbonyl (C=O) groups excluding carboxylic acids is 1. The zero-order valence-electron chi connectivity index (χ0n) is 13.4. The van der Waals surface area contributed by atoms with Crippen LogP contribution in [0.15, 0.2) is 24.7 Å². The predicted molar refractivity (Wildman–Crippen MR) is 86.3 cm³/mol. The highest BCUT2D eigenvalue weighted by Crippen LogP contribution is 2.41. The Balaban J connectivity index is 1.64.